The van der Waals surface area contributed by atoms with Crippen LogP contribution in [0.1, 0.15) is 11.3 Å². The predicted molar refractivity (Wildman–Crippen MR) is 71.3 cm³/mol. The third kappa shape index (κ3) is 1.60. The van der Waals surface area contributed by atoms with Crippen LogP contribution in [-0.4, -0.2) is 9.78 Å². The lowest BCUT2D eigenvalue weighted by Gasteiger charge is -2.06. The number of benzene rings is 1. The van der Waals surface area contributed by atoms with Gasteiger partial charge in [0.1, 0.15) is 5.15 Å². The molecule has 0 saturated heterocycles. The summed E-state index contributed by atoms with van der Waals surface area (Å²) < 4.78 is 2.82. The van der Waals surface area contributed by atoms with E-state index in [1.165, 1.54) is 5.56 Å². The highest BCUT2D eigenvalue weighted by Gasteiger charge is 2.22. The molecule has 1 aliphatic heterocycles. The quantitative estimate of drug-likeness (QED) is 0.790. The van der Waals surface area contributed by atoms with Crippen molar-refractivity contribution in [2.24, 2.45) is 0 Å². The maximum absolute atomic E-state index is 6.34. The van der Waals surface area contributed by atoms with Gasteiger partial charge in [-0.1, -0.05) is 23.7 Å². The molecular weight excluding hydrogens is 308 g/mol. The SMILES string of the molecule is Clc1c2c(nn1-c1ccccc1Br)CSC2. The van der Waals surface area contributed by atoms with E-state index in [0.717, 1.165) is 32.5 Å². The average molecular weight is 316 g/mol. The molecule has 2 nitrogen and oxygen atoms in total. The molecule has 5 heteroatoms. The zero-order valence-electron chi connectivity index (χ0n) is 8.28. The summed E-state index contributed by atoms with van der Waals surface area (Å²) in [7, 11) is 0. The number of thioether (sulfide) groups is 1. The van der Waals surface area contributed by atoms with Crippen molar-refractivity contribution >= 4 is 39.3 Å². The van der Waals surface area contributed by atoms with Crippen LogP contribution in [-0.2, 0) is 11.5 Å². The number of hydrogen-bond donors (Lipinski definition) is 0. The molecule has 16 heavy (non-hydrogen) atoms. The monoisotopic (exact) mass is 314 g/mol. The minimum Gasteiger partial charge on any atom is -0.220 e. The molecular formula is C11H8BrClN2S. The highest BCUT2D eigenvalue weighted by molar-refractivity contribution is 9.10. The van der Waals surface area contributed by atoms with Gasteiger partial charge in [-0.3, -0.25) is 0 Å². The van der Waals surface area contributed by atoms with Crippen LogP contribution in [0.5, 0.6) is 0 Å². The Labute approximate surface area is 111 Å². The van der Waals surface area contributed by atoms with Crippen LogP contribution >= 0.6 is 39.3 Å². The predicted octanol–water partition coefficient (Wildman–Crippen LogP) is 4.04. The van der Waals surface area contributed by atoms with Gasteiger partial charge in [0.15, 0.2) is 0 Å². The van der Waals surface area contributed by atoms with Crippen LogP contribution in [0.3, 0.4) is 0 Å². The minimum atomic E-state index is 0.743. The maximum atomic E-state index is 6.34. The van der Waals surface area contributed by atoms with Gasteiger partial charge in [-0.05, 0) is 28.1 Å². The first-order valence-electron chi connectivity index (χ1n) is 4.86. The Kier molecular flexibility index (Phi) is 2.73. The van der Waals surface area contributed by atoms with E-state index in [4.69, 9.17) is 11.6 Å². The Balaban J connectivity index is 2.18. The summed E-state index contributed by atoms with van der Waals surface area (Å²) in [6.45, 7) is 0. The molecule has 2 heterocycles. The van der Waals surface area contributed by atoms with E-state index < -0.39 is 0 Å². The Bertz CT molecular complexity index is 553. The van der Waals surface area contributed by atoms with Crippen LogP contribution in [0, 0.1) is 0 Å². The van der Waals surface area contributed by atoms with Gasteiger partial charge < -0.3 is 0 Å². The highest BCUT2D eigenvalue weighted by atomic mass is 79.9. The Hall–Kier alpha value is -0.450. The van der Waals surface area contributed by atoms with Gasteiger partial charge in [0, 0.05) is 21.5 Å². The van der Waals surface area contributed by atoms with Crippen molar-refractivity contribution in [1.29, 1.82) is 0 Å². The van der Waals surface area contributed by atoms with Gasteiger partial charge >= 0.3 is 0 Å². The van der Waals surface area contributed by atoms with Crippen LogP contribution in [0.15, 0.2) is 28.7 Å². The molecule has 0 aliphatic carbocycles. The van der Waals surface area contributed by atoms with E-state index >= 15 is 0 Å². The van der Waals surface area contributed by atoms with Crippen LogP contribution in [0.2, 0.25) is 5.15 Å². The van der Waals surface area contributed by atoms with Crippen LogP contribution in [0.25, 0.3) is 5.69 Å². The first-order chi connectivity index (χ1) is 7.77. The van der Waals surface area contributed by atoms with E-state index in [9.17, 15) is 0 Å². The molecule has 3 rings (SSSR count). The fourth-order valence-electron chi connectivity index (χ4n) is 1.76. The van der Waals surface area contributed by atoms with Gasteiger partial charge in [0.05, 0.1) is 11.4 Å². The second-order valence-electron chi connectivity index (χ2n) is 3.57. The van der Waals surface area contributed by atoms with Crippen molar-refractivity contribution in [3.8, 4) is 5.69 Å². The number of nitrogens with zero attached hydrogens (tertiary/aromatic N) is 2. The van der Waals surface area contributed by atoms with Crippen molar-refractivity contribution in [3.63, 3.8) is 0 Å². The first-order valence-corrected chi connectivity index (χ1v) is 7.19. The first kappa shape index (κ1) is 10.7. The van der Waals surface area contributed by atoms with Crippen LogP contribution < -0.4 is 0 Å². The van der Waals surface area contributed by atoms with Crippen LogP contribution in [0.4, 0.5) is 0 Å². The number of fused-ring (bicyclic) bond motifs is 1. The summed E-state index contributed by atoms with van der Waals surface area (Å²) in [5, 5.41) is 5.30. The maximum Gasteiger partial charge on any atom is 0.137 e. The molecule has 2 aromatic rings. The van der Waals surface area contributed by atoms with Gasteiger partial charge in [-0.15, -0.1) is 0 Å². The summed E-state index contributed by atoms with van der Waals surface area (Å²) in [5.41, 5.74) is 3.29. The van der Waals surface area contributed by atoms with E-state index in [0.29, 0.717) is 0 Å². The molecule has 0 N–H and O–H groups in total. The molecule has 0 amide bonds. The lowest BCUT2D eigenvalue weighted by molar-refractivity contribution is 0.856. The minimum absolute atomic E-state index is 0.743. The summed E-state index contributed by atoms with van der Waals surface area (Å²) in [6, 6.07) is 7.96. The lowest BCUT2D eigenvalue weighted by atomic mass is 10.3. The second kappa shape index (κ2) is 4.09. The van der Waals surface area contributed by atoms with Crippen molar-refractivity contribution in [1.82, 2.24) is 9.78 Å². The molecule has 0 atom stereocenters. The zero-order chi connectivity index (χ0) is 11.1. The van der Waals surface area contributed by atoms with Crippen molar-refractivity contribution in [2.75, 3.05) is 0 Å². The van der Waals surface area contributed by atoms with Crippen molar-refractivity contribution < 1.29 is 0 Å². The number of hydrogen-bond acceptors (Lipinski definition) is 2. The normalized spacial score (nSPS) is 14.1. The fraction of sp³-hybridized carbons (Fsp3) is 0.182. The fourth-order valence-corrected chi connectivity index (χ4v) is 3.64. The standard InChI is InChI=1S/C11H8BrClN2S/c12-8-3-1-2-4-10(8)15-11(13)7-5-16-6-9(7)14-15/h1-4H,5-6H2. The summed E-state index contributed by atoms with van der Waals surface area (Å²) in [6.07, 6.45) is 0. The molecule has 82 valence electrons. The van der Waals surface area contributed by atoms with E-state index in [1.54, 1.807) is 0 Å². The van der Waals surface area contributed by atoms with Gasteiger partial charge in [0.25, 0.3) is 0 Å². The molecule has 1 aromatic carbocycles. The van der Waals surface area contributed by atoms with E-state index in [2.05, 4.69) is 21.0 Å². The molecule has 0 spiro atoms. The third-order valence-corrected chi connectivity index (χ3v) is 4.60. The van der Waals surface area contributed by atoms with Gasteiger partial charge in [-0.2, -0.15) is 16.9 Å². The van der Waals surface area contributed by atoms with Crippen molar-refractivity contribution in [3.05, 3.63) is 45.1 Å². The Morgan fingerprint density at radius 3 is 2.88 bits per heavy atom. The molecule has 0 radical (unpaired) electrons. The van der Waals surface area contributed by atoms with Gasteiger partial charge in [0.2, 0.25) is 0 Å². The summed E-state index contributed by atoms with van der Waals surface area (Å²) >= 11 is 11.7. The highest BCUT2D eigenvalue weighted by Crippen LogP contribution is 2.36. The Morgan fingerprint density at radius 2 is 2.12 bits per heavy atom. The van der Waals surface area contributed by atoms with E-state index in [1.807, 2.05) is 40.7 Å². The van der Waals surface area contributed by atoms with E-state index in [-0.39, 0.29) is 0 Å². The average Bonchev–Trinajstić information content (AvgIpc) is 2.83. The van der Waals surface area contributed by atoms with Gasteiger partial charge in [-0.25, -0.2) is 4.68 Å². The number of rotatable bonds is 1. The largest absolute Gasteiger partial charge is 0.220 e. The smallest absolute Gasteiger partial charge is 0.137 e. The molecule has 0 saturated carbocycles. The number of aromatic nitrogens is 2. The third-order valence-electron chi connectivity index (χ3n) is 2.57. The topological polar surface area (TPSA) is 17.8 Å². The number of para-hydroxylation sites is 1. The summed E-state index contributed by atoms with van der Waals surface area (Å²) in [5.74, 6) is 1.94. The molecule has 0 bridgehead atoms. The molecule has 0 unspecified atom stereocenters. The summed E-state index contributed by atoms with van der Waals surface area (Å²) in [4.78, 5) is 0. The van der Waals surface area contributed by atoms with Crippen molar-refractivity contribution in [2.45, 2.75) is 11.5 Å². The zero-order valence-corrected chi connectivity index (χ0v) is 11.4. The Morgan fingerprint density at radius 1 is 1.31 bits per heavy atom. The number of halogens is 2. The molecule has 0 fully saturated rings. The second-order valence-corrected chi connectivity index (χ2v) is 5.77. The molecule has 1 aliphatic rings. The molecule has 1 aromatic heterocycles. The lowest BCUT2D eigenvalue weighted by Crippen LogP contribution is -1.98.